The van der Waals surface area contributed by atoms with E-state index in [1.807, 2.05) is 4.90 Å². The smallest absolute Gasteiger partial charge is 0.321 e. The monoisotopic (exact) mass is 456 g/mol. The van der Waals surface area contributed by atoms with Gasteiger partial charge in [-0.3, -0.25) is 4.90 Å². The maximum absolute atomic E-state index is 13.2. The van der Waals surface area contributed by atoms with Crippen molar-refractivity contribution < 1.29 is 4.79 Å². The minimum absolute atomic E-state index is 0.0335. The van der Waals surface area contributed by atoms with Crippen molar-refractivity contribution in [1.29, 1.82) is 5.26 Å². The first-order valence-electron chi connectivity index (χ1n) is 11.8. The van der Waals surface area contributed by atoms with Crippen molar-refractivity contribution >= 4 is 22.4 Å². The maximum Gasteiger partial charge on any atom is 0.321 e. The topological polar surface area (TPSA) is 88.6 Å². The Balaban J connectivity index is 1.52. The highest BCUT2D eigenvalue weighted by Gasteiger charge is 2.41. The van der Waals surface area contributed by atoms with Crippen LogP contribution in [0.1, 0.15) is 42.7 Å². The van der Waals surface area contributed by atoms with E-state index in [0.717, 1.165) is 57.6 Å². The molecule has 0 spiro atoms. The molecule has 1 aliphatic carbocycles. The molecular weight excluding hydrogens is 420 g/mol. The van der Waals surface area contributed by atoms with Crippen molar-refractivity contribution in [2.24, 2.45) is 11.8 Å². The van der Waals surface area contributed by atoms with Crippen LogP contribution in [-0.2, 0) is 12.8 Å². The number of likely N-dealkylation sites (tertiary alicyclic amines) is 2. The van der Waals surface area contributed by atoms with Gasteiger partial charge in [0.15, 0.2) is 0 Å². The highest BCUT2D eigenvalue weighted by Crippen LogP contribution is 2.44. The maximum atomic E-state index is 13.2. The summed E-state index contributed by atoms with van der Waals surface area (Å²) in [6.07, 6.45) is 5.97. The van der Waals surface area contributed by atoms with Crippen molar-refractivity contribution in [3.63, 3.8) is 0 Å². The van der Waals surface area contributed by atoms with Gasteiger partial charge in [0.2, 0.25) is 0 Å². The van der Waals surface area contributed by atoms with Gasteiger partial charge in [0.05, 0.1) is 11.6 Å². The number of fused-ring (bicyclic) bond motifs is 2. The number of hydrogen-bond acceptors (Lipinski definition) is 6. The fourth-order valence-corrected chi connectivity index (χ4v) is 7.01. The van der Waals surface area contributed by atoms with Gasteiger partial charge in [-0.15, -0.1) is 11.3 Å². The Kier molecular flexibility index (Phi) is 6.80. The molecule has 1 aromatic rings. The Morgan fingerprint density at radius 3 is 2.72 bits per heavy atom. The van der Waals surface area contributed by atoms with E-state index in [1.165, 1.54) is 10.4 Å². The van der Waals surface area contributed by atoms with E-state index in [2.05, 4.69) is 55.2 Å². The Morgan fingerprint density at radius 1 is 1.34 bits per heavy atom. The van der Waals surface area contributed by atoms with Crippen LogP contribution < -0.4 is 11.1 Å². The summed E-state index contributed by atoms with van der Waals surface area (Å²) in [5.74, 6) is 0.768. The zero-order valence-corrected chi connectivity index (χ0v) is 20.5. The number of amides is 2. The fraction of sp³-hybridized carbons (Fsp3) is 0.667. The molecular formula is C24H36N6OS. The minimum atomic E-state index is 0.0335. The number of nitrogens with one attached hydrogen (secondary N) is 1. The fourth-order valence-electron chi connectivity index (χ4n) is 5.91. The molecule has 2 fully saturated rings. The van der Waals surface area contributed by atoms with E-state index in [0.29, 0.717) is 28.4 Å². The van der Waals surface area contributed by atoms with Crippen molar-refractivity contribution in [1.82, 2.24) is 20.0 Å². The van der Waals surface area contributed by atoms with Gasteiger partial charge in [0.25, 0.3) is 0 Å². The number of nitrogen functional groups attached to an aromatic ring is 1. The molecule has 0 bridgehead atoms. The van der Waals surface area contributed by atoms with E-state index in [1.54, 1.807) is 11.3 Å². The molecule has 32 heavy (non-hydrogen) atoms. The Morgan fingerprint density at radius 2 is 2.09 bits per heavy atom. The van der Waals surface area contributed by atoms with Crippen LogP contribution in [0.5, 0.6) is 0 Å². The van der Waals surface area contributed by atoms with Crippen LogP contribution in [0, 0.1) is 23.2 Å². The SMILES string of the molecule is C/C=C(/[C@@H]1C[C@@H]2Cc3c(sc(N)c3C#N)C[C@H]2N(C)C1)N(CCC)C(=O)NC1CN(C)C1. The van der Waals surface area contributed by atoms with Crippen molar-refractivity contribution in [3.05, 3.63) is 27.8 Å². The van der Waals surface area contributed by atoms with Gasteiger partial charge in [-0.1, -0.05) is 13.0 Å². The molecule has 0 aromatic carbocycles. The molecule has 0 radical (unpaired) electrons. The van der Waals surface area contributed by atoms with Crippen LogP contribution in [0.3, 0.4) is 0 Å². The van der Waals surface area contributed by atoms with Crippen molar-refractivity contribution in [2.45, 2.75) is 51.6 Å². The normalized spacial score (nSPS) is 26.6. The van der Waals surface area contributed by atoms with Crippen LogP contribution in [0.2, 0.25) is 0 Å². The molecule has 0 unspecified atom stereocenters. The van der Waals surface area contributed by atoms with E-state index in [4.69, 9.17) is 5.73 Å². The molecule has 2 amide bonds. The zero-order valence-electron chi connectivity index (χ0n) is 19.7. The van der Waals surface area contributed by atoms with E-state index >= 15 is 0 Å². The first-order chi connectivity index (χ1) is 15.4. The summed E-state index contributed by atoms with van der Waals surface area (Å²) in [5.41, 5.74) is 9.14. The Bertz CT molecular complexity index is 928. The number of rotatable bonds is 5. The predicted octanol–water partition coefficient (Wildman–Crippen LogP) is 2.88. The van der Waals surface area contributed by atoms with Crippen LogP contribution in [0.25, 0.3) is 0 Å². The van der Waals surface area contributed by atoms with E-state index in [-0.39, 0.29) is 12.1 Å². The van der Waals surface area contributed by atoms with Gasteiger partial charge >= 0.3 is 6.03 Å². The second-order valence-corrected chi connectivity index (χ2v) is 10.8. The average Bonchev–Trinajstić information content (AvgIpc) is 3.05. The molecule has 8 heteroatoms. The number of piperidine rings is 1. The van der Waals surface area contributed by atoms with Gasteiger partial charge in [-0.25, -0.2) is 4.79 Å². The number of allylic oxidation sites excluding steroid dienone is 1. The second kappa shape index (κ2) is 9.42. The average molecular weight is 457 g/mol. The lowest BCUT2D eigenvalue weighted by atomic mass is 9.73. The number of carbonyl (C=O) groups is 1. The number of nitriles is 1. The molecule has 3 N–H and O–H groups in total. The zero-order chi connectivity index (χ0) is 23.0. The summed E-state index contributed by atoms with van der Waals surface area (Å²) in [7, 11) is 4.28. The van der Waals surface area contributed by atoms with Gasteiger partial charge in [0, 0.05) is 48.7 Å². The summed E-state index contributed by atoms with van der Waals surface area (Å²) in [4.78, 5) is 21.1. The number of nitrogens with two attached hydrogens (primary N) is 1. The molecule has 1 aromatic heterocycles. The minimum Gasteiger partial charge on any atom is -0.389 e. The molecule has 0 saturated carbocycles. The van der Waals surface area contributed by atoms with E-state index < -0.39 is 0 Å². The molecule has 7 nitrogen and oxygen atoms in total. The third-order valence-corrected chi connectivity index (χ3v) is 8.49. The Labute approximate surface area is 195 Å². The Hall–Kier alpha value is -2.08. The van der Waals surface area contributed by atoms with Crippen LogP contribution >= 0.6 is 11.3 Å². The summed E-state index contributed by atoms with van der Waals surface area (Å²) >= 11 is 1.59. The summed E-state index contributed by atoms with van der Waals surface area (Å²) in [5, 5.41) is 13.5. The lowest BCUT2D eigenvalue weighted by Gasteiger charge is -2.47. The number of anilines is 1. The third-order valence-electron chi connectivity index (χ3n) is 7.41. The summed E-state index contributed by atoms with van der Waals surface area (Å²) < 4.78 is 0. The summed E-state index contributed by atoms with van der Waals surface area (Å²) in [6, 6.07) is 3.08. The van der Waals surface area contributed by atoms with E-state index in [9.17, 15) is 10.1 Å². The molecule has 3 heterocycles. The van der Waals surface area contributed by atoms with Gasteiger partial charge < -0.3 is 20.9 Å². The van der Waals surface area contributed by atoms with Crippen molar-refractivity contribution in [2.75, 3.05) is 46.0 Å². The van der Waals surface area contributed by atoms with Gasteiger partial charge in [0.1, 0.15) is 11.1 Å². The molecule has 2 aliphatic heterocycles. The van der Waals surface area contributed by atoms with Gasteiger partial charge in [-0.05, 0) is 58.2 Å². The third kappa shape index (κ3) is 4.26. The number of thiophene rings is 1. The lowest BCUT2D eigenvalue weighted by Crippen LogP contribution is -2.60. The van der Waals surface area contributed by atoms with Crippen LogP contribution in [0.15, 0.2) is 11.8 Å². The largest absolute Gasteiger partial charge is 0.389 e. The molecule has 3 aliphatic rings. The number of nitrogens with zero attached hydrogens (tertiary/aromatic N) is 4. The van der Waals surface area contributed by atoms with Crippen LogP contribution in [-0.4, -0.2) is 73.1 Å². The first kappa shape index (κ1) is 23.1. The number of likely N-dealkylation sites (N-methyl/N-ethyl adjacent to an activating group) is 2. The van der Waals surface area contributed by atoms with Crippen LogP contribution in [0.4, 0.5) is 9.80 Å². The molecule has 174 valence electrons. The summed E-state index contributed by atoms with van der Waals surface area (Å²) in [6.45, 7) is 7.69. The second-order valence-electron chi connectivity index (χ2n) is 9.70. The molecule has 2 saturated heterocycles. The molecule has 4 rings (SSSR count). The highest BCUT2D eigenvalue weighted by molar-refractivity contribution is 7.16. The highest BCUT2D eigenvalue weighted by atomic mass is 32.1. The molecule has 3 atom stereocenters. The number of urea groups is 1. The lowest BCUT2D eigenvalue weighted by molar-refractivity contribution is 0.0744. The van der Waals surface area contributed by atoms with Gasteiger partial charge in [-0.2, -0.15) is 5.26 Å². The standard InChI is InChI=1S/C24H36N6OS/c1-5-7-30(24(31)27-17-13-28(3)14-17)20(6-2)16-8-15-9-18-19(11-25)23(26)32-22(18)10-21(15)29(4)12-16/h6,15-17,21H,5,7-10,12-14,26H2,1-4H3,(H,27,31)/b20-6-/t15-,16-,21-/m1/s1. The number of hydrogen-bond donors (Lipinski definition) is 2. The quantitative estimate of drug-likeness (QED) is 0.711. The van der Waals surface area contributed by atoms with Crippen molar-refractivity contribution in [3.8, 4) is 6.07 Å². The predicted molar refractivity (Wildman–Crippen MR) is 129 cm³/mol. The number of carbonyl (C=O) groups excluding carboxylic acids is 1. The first-order valence-corrected chi connectivity index (χ1v) is 12.6.